The third-order valence-corrected chi connectivity index (χ3v) is 23.1. The molecule has 2 aliphatic carbocycles. The second-order valence-electron chi connectivity index (χ2n) is 33.2. The summed E-state index contributed by atoms with van der Waals surface area (Å²) in [5.74, 6) is -7.72. The maximum atomic E-state index is 14.0. The molecule has 3 aliphatic rings. The molecule has 15 amide bonds. The third-order valence-electron chi connectivity index (χ3n) is 23.1. The van der Waals surface area contributed by atoms with Crippen molar-refractivity contribution in [1.29, 1.82) is 0 Å². The fourth-order valence-electron chi connectivity index (χ4n) is 16.6. The van der Waals surface area contributed by atoms with Crippen molar-refractivity contribution in [3.8, 4) is 0 Å². The average molecular weight is 1850 g/mol. The number of hydrogen-bond donors (Lipinski definition) is 15. The minimum atomic E-state index is -0.669. The zero-order valence-corrected chi connectivity index (χ0v) is 75.1. The highest BCUT2D eigenvalue weighted by molar-refractivity contribution is 6.13. The Balaban J connectivity index is 0.418. The van der Waals surface area contributed by atoms with Gasteiger partial charge in [-0.3, -0.25) is 76.7 Å². The molecule has 1 aliphatic heterocycles. The second kappa shape index (κ2) is 37.1. The molecule has 0 radical (unpaired) electrons. The molecule has 2 atom stereocenters. The van der Waals surface area contributed by atoms with Crippen LogP contribution in [0.1, 0.15) is 171 Å². The number of amides is 15. The Morgan fingerprint density at radius 1 is 0.368 bits per heavy atom. The lowest BCUT2D eigenvalue weighted by molar-refractivity contribution is -0.117. The number of aromatic nitrogens is 15. The number of ketones is 1. The first-order valence-electron chi connectivity index (χ1n) is 42.5. The second-order valence-corrected chi connectivity index (χ2v) is 33.2. The molecule has 1 saturated heterocycles. The van der Waals surface area contributed by atoms with Gasteiger partial charge in [0, 0.05) is 224 Å². The first-order chi connectivity index (χ1) is 64.9. The van der Waals surface area contributed by atoms with Crippen LogP contribution >= 0.6 is 0 Å². The number of rotatable bonds is 32. The smallest absolute Gasteiger partial charge is 0.292 e. The maximum Gasteiger partial charge on any atom is 0.292 e. The van der Waals surface area contributed by atoms with E-state index in [9.17, 15) is 76.7 Å². The highest BCUT2D eigenvalue weighted by atomic mass is 16.2. The Morgan fingerprint density at radius 3 is 1.16 bits per heavy atom. The van der Waals surface area contributed by atoms with Gasteiger partial charge in [0.1, 0.15) is 39.9 Å². The minimum absolute atomic E-state index is 0.0230. The summed E-state index contributed by atoms with van der Waals surface area (Å²) in [5.41, 5.74) is 6.10. The van der Waals surface area contributed by atoms with Crippen LogP contribution in [0.15, 0.2) is 159 Å². The number of nitrogens with one attached hydrogen (secondary N) is 15. The van der Waals surface area contributed by atoms with E-state index < -0.39 is 76.8 Å². The van der Waals surface area contributed by atoms with Gasteiger partial charge in [0.05, 0.1) is 34.1 Å². The van der Waals surface area contributed by atoms with E-state index in [2.05, 4.69) is 99.4 Å². The molecule has 2 aromatic carbocycles. The maximum absolute atomic E-state index is 14.0. The number of nitrogens with zero attached hydrogens (tertiary/aromatic N) is 15. The summed E-state index contributed by atoms with van der Waals surface area (Å²) in [6.45, 7) is 1.69. The number of hydrogen-bond acceptors (Lipinski definition) is 20. The van der Waals surface area contributed by atoms with Gasteiger partial charge in [-0.05, 0) is 85.0 Å². The quantitative estimate of drug-likeness (QED) is 0.0214. The zero-order valence-electron chi connectivity index (χ0n) is 75.1. The topological polar surface area (TPSA) is 561 Å². The number of aromatic amines is 1. The molecule has 1 saturated carbocycles. The zero-order chi connectivity index (χ0) is 96.7. The number of carbonyl (C=O) groups excluding carboxylic acids is 16. The van der Waals surface area contributed by atoms with Crippen LogP contribution < -0.4 is 74.4 Å². The molecule has 136 heavy (non-hydrogen) atoms. The molecular weight excluding hydrogens is 1760 g/mol. The molecule has 0 bridgehead atoms. The van der Waals surface area contributed by atoms with E-state index in [-0.39, 0.29) is 189 Å². The van der Waals surface area contributed by atoms with Gasteiger partial charge >= 0.3 is 0 Å². The Labute approximate surface area is 771 Å². The Kier molecular flexibility index (Phi) is 24.9. The van der Waals surface area contributed by atoms with Crippen LogP contribution in [0.3, 0.4) is 0 Å². The van der Waals surface area contributed by atoms with Crippen molar-refractivity contribution in [2.75, 3.05) is 84.7 Å². The standard InChI is InChI=1S/C90H92N30O16/c1-46(121)94-68-42-116(8)78(105-68)88(135)109-71-45-119(11)77(108-71)87(134)101-55-32-65(115(7)41-55)84(131)98-52-29-61(111(3)38-52)80(127)92-23-20-73(124)95-50-27-63(113(5)36-50)83(130)97-51-28-60(110(2)37-51)79(126)91-22-14-17-72(123)103-69-43-117(9)75(106-69)85(132)99-53-30-62(112(4)39-53)81(128)93-24-21-74(125)104-70-44-118(10)76(107-70)86(133)100-54-31-64(114(6)40-54)82(129)96-49-18-19-58-47(25-49)26-59(102-58)89(136)120-35-48-34-90(48)57-16-13-12-15-56(57)66(122)33-67(90)120/h12-13,15-16,18-19,25-33,36-45,48,102H,14,17,20-24,34-35H2,1-11H3,(H,91,126)(H,92,127)(H,93,128)(H,94,121)(H,95,124)(H,96,129)(H,97,130)(H,98,131)(H,99,132)(H,100,133)(H,101,134)(H,103,123)(H,104,125)(H,109,135). The van der Waals surface area contributed by atoms with Crippen LogP contribution in [0, 0.1) is 5.92 Å². The normalized spacial score (nSPS) is 13.8. The van der Waals surface area contributed by atoms with Crippen molar-refractivity contribution in [3.05, 3.63) is 233 Å². The molecule has 15 N–H and O–H groups in total. The van der Waals surface area contributed by atoms with Crippen LogP contribution in [-0.2, 0) is 95.1 Å². The first kappa shape index (κ1) is 91.3. The van der Waals surface area contributed by atoms with Crippen molar-refractivity contribution in [3.63, 3.8) is 0 Å². The summed E-state index contributed by atoms with van der Waals surface area (Å²) in [7, 11) is 15.8. The Bertz CT molecular complexity index is 7230. The summed E-state index contributed by atoms with van der Waals surface area (Å²) in [6.07, 6.45) is 17.2. The summed E-state index contributed by atoms with van der Waals surface area (Å²) >= 11 is 0. The lowest BCUT2D eigenvalue weighted by Gasteiger charge is -2.29. The SMILES string of the molecule is CC(=O)Nc1cn(C)c(C(=O)Nc2cn(C)c(C(=O)Nc3cc(C(=O)Nc4cc(C(=O)NCCC(=O)Nc5cc(C(=O)Nc6cc(C(=O)NCCCC(=O)Nc7cn(C)c(C(=O)Nc8cc(C(=O)NCCC(=O)Nc9cn(C)c(C(=O)Nc%10cc(C(=O)Nc%11ccc%12[nH]c(C(=O)N%13CC%14CC%14%15C%13=CC(=O)c%13ccccc%13%15)cc%12c%11)n(C)c%10)n9)n(C)c8)n7)n(C)c6)n(C)c5)n(C)c4)n(C)c3)n2)n1. The molecule has 16 rings (SSSR count). The molecule has 46 heteroatoms. The third kappa shape index (κ3) is 19.3. The van der Waals surface area contributed by atoms with E-state index in [0.717, 1.165) is 17.7 Å². The van der Waals surface area contributed by atoms with Crippen molar-refractivity contribution in [2.45, 2.75) is 44.4 Å². The predicted molar refractivity (Wildman–Crippen MR) is 495 cm³/mol. The lowest BCUT2D eigenvalue weighted by atomic mass is 9.81. The summed E-state index contributed by atoms with van der Waals surface area (Å²) in [4.78, 5) is 234. The number of allylic oxidation sites excluding steroid dienone is 2. The average Bonchev–Trinajstić information content (AvgIpc) is 1.50. The van der Waals surface area contributed by atoms with Crippen LogP contribution in [0.2, 0.25) is 0 Å². The number of benzene rings is 2. The van der Waals surface area contributed by atoms with Crippen LogP contribution in [0.4, 0.5) is 63.1 Å². The van der Waals surface area contributed by atoms with E-state index in [4.69, 9.17) is 0 Å². The van der Waals surface area contributed by atoms with Crippen molar-refractivity contribution in [1.82, 2.24) is 91.4 Å². The number of likely N-dealkylation sites (tertiary alicyclic amines) is 1. The largest absolute Gasteiger partial charge is 0.351 e. The molecule has 698 valence electrons. The van der Waals surface area contributed by atoms with Crippen LogP contribution in [0.25, 0.3) is 10.9 Å². The van der Waals surface area contributed by atoms with Gasteiger partial charge in [0.15, 0.2) is 29.1 Å². The van der Waals surface area contributed by atoms with Crippen LogP contribution in [-0.4, -0.2) is 196 Å². The number of carbonyl (C=O) groups is 16. The van der Waals surface area contributed by atoms with Gasteiger partial charge in [-0.25, -0.2) is 19.9 Å². The molecule has 11 aromatic heterocycles. The Hall–Kier alpha value is -18.0. The van der Waals surface area contributed by atoms with Crippen molar-refractivity contribution >= 4 is 168 Å². The highest BCUT2D eigenvalue weighted by Gasteiger charge is 2.67. The van der Waals surface area contributed by atoms with Crippen molar-refractivity contribution in [2.24, 2.45) is 76.4 Å². The molecule has 12 heterocycles. The van der Waals surface area contributed by atoms with E-state index in [1.807, 2.05) is 24.3 Å². The van der Waals surface area contributed by atoms with Gasteiger partial charge in [0.2, 0.25) is 46.9 Å². The monoisotopic (exact) mass is 1850 g/mol. The summed E-state index contributed by atoms with van der Waals surface area (Å²) < 4.78 is 14.6. The number of anilines is 11. The Morgan fingerprint density at radius 2 is 0.728 bits per heavy atom. The van der Waals surface area contributed by atoms with Crippen LogP contribution in [0.5, 0.6) is 0 Å². The lowest BCUT2D eigenvalue weighted by Crippen LogP contribution is -2.33. The van der Waals surface area contributed by atoms with E-state index in [1.165, 1.54) is 145 Å². The number of imidazole rings is 4. The molecular formula is C90H92N30O16. The molecule has 2 fully saturated rings. The summed E-state index contributed by atoms with van der Waals surface area (Å²) in [5, 5.41) is 38.4. The molecule has 13 aromatic rings. The first-order valence-corrected chi connectivity index (χ1v) is 42.5. The van der Waals surface area contributed by atoms with E-state index in [1.54, 1.807) is 112 Å². The fourth-order valence-corrected chi connectivity index (χ4v) is 16.6. The fraction of sp³-hybridized carbons (Fsp3) is 0.244. The predicted octanol–water partition coefficient (Wildman–Crippen LogP) is 6.02. The number of H-pyrrole nitrogens is 1. The minimum Gasteiger partial charge on any atom is -0.351 e. The van der Waals surface area contributed by atoms with Crippen molar-refractivity contribution < 1.29 is 76.7 Å². The number of piperidine rings is 1. The van der Waals surface area contributed by atoms with Gasteiger partial charge in [-0.15, -0.1) is 0 Å². The molecule has 1 spiro atoms. The number of aryl methyl sites for hydroxylation is 10. The molecule has 46 nitrogen and oxygen atoms in total. The summed E-state index contributed by atoms with van der Waals surface area (Å²) in [6, 6.07) is 23.2. The van der Waals surface area contributed by atoms with Gasteiger partial charge in [-0.2, -0.15) is 0 Å². The molecule has 2 unspecified atom stereocenters. The number of fused-ring (bicyclic) bond motifs is 2. The van der Waals surface area contributed by atoms with Gasteiger partial charge in [0.25, 0.3) is 65.0 Å². The van der Waals surface area contributed by atoms with E-state index >= 15 is 0 Å². The highest BCUT2D eigenvalue weighted by Crippen LogP contribution is 2.66. The van der Waals surface area contributed by atoms with Gasteiger partial charge < -0.3 is 130 Å². The van der Waals surface area contributed by atoms with Gasteiger partial charge in [-0.1, -0.05) is 24.3 Å². The van der Waals surface area contributed by atoms with E-state index in [0.29, 0.717) is 34.4 Å².